The van der Waals surface area contributed by atoms with Crippen LogP contribution in [0.2, 0.25) is 0 Å². The van der Waals surface area contributed by atoms with Crippen LogP contribution in [0.5, 0.6) is 0 Å². The van der Waals surface area contributed by atoms with E-state index in [0.29, 0.717) is 11.5 Å². The number of fused-ring (bicyclic) bond motifs is 1. The molecule has 5 nitrogen and oxygen atoms in total. The zero-order valence-corrected chi connectivity index (χ0v) is 14.1. The van der Waals surface area contributed by atoms with Crippen LogP contribution in [0.15, 0.2) is 48.7 Å². The highest BCUT2D eigenvalue weighted by Gasteiger charge is 2.11. The smallest absolute Gasteiger partial charge is 0.205 e. The van der Waals surface area contributed by atoms with E-state index in [-0.39, 0.29) is 5.52 Å². The molecule has 0 aliphatic carbocycles. The number of nitrogens with one attached hydrogen (secondary N) is 2. The molecule has 4 aromatic rings. The first-order chi connectivity index (χ1) is 12.5. The van der Waals surface area contributed by atoms with Crippen molar-refractivity contribution in [2.24, 2.45) is 0 Å². The molecule has 0 radical (unpaired) electrons. The molecule has 0 saturated carbocycles. The van der Waals surface area contributed by atoms with Crippen LogP contribution in [0.25, 0.3) is 22.3 Å². The molecule has 132 valence electrons. The van der Waals surface area contributed by atoms with Gasteiger partial charge >= 0.3 is 0 Å². The molecule has 2 aromatic heterocycles. The van der Waals surface area contributed by atoms with Crippen molar-refractivity contribution in [1.82, 2.24) is 14.5 Å². The van der Waals surface area contributed by atoms with Gasteiger partial charge in [-0.1, -0.05) is 12.1 Å². The van der Waals surface area contributed by atoms with Crippen LogP contribution in [0.1, 0.15) is 6.92 Å². The third kappa shape index (κ3) is 2.77. The molecule has 26 heavy (non-hydrogen) atoms. The third-order valence-electron chi connectivity index (χ3n) is 4.26. The van der Waals surface area contributed by atoms with Crippen LogP contribution in [-0.2, 0) is 6.54 Å². The maximum Gasteiger partial charge on any atom is 0.205 e. The highest BCUT2D eigenvalue weighted by Crippen LogP contribution is 2.29. The monoisotopic (exact) mass is 353 g/mol. The fraction of sp³-hybridized carbons (Fsp3) is 0.105. The second-order valence-electron chi connectivity index (χ2n) is 5.98. The summed E-state index contributed by atoms with van der Waals surface area (Å²) in [4.78, 5) is 7.00. The zero-order chi connectivity index (χ0) is 18.3. The number of H-pyrrole nitrogens is 1. The fourth-order valence-corrected chi connectivity index (χ4v) is 3.04. The number of anilines is 3. The van der Waals surface area contributed by atoms with Crippen LogP contribution in [0.4, 0.5) is 26.1 Å². The molecular weight excluding hydrogens is 336 g/mol. The molecule has 0 aliphatic heterocycles. The molecule has 0 amide bonds. The van der Waals surface area contributed by atoms with E-state index in [1.54, 1.807) is 0 Å². The van der Waals surface area contributed by atoms with Gasteiger partial charge in [0.2, 0.25) is 5.95 Å². The van der Waals surface area contributed by atoms with Crippen LogP contribution >= 0.6 is 0 Å². The van der Waals surface area contributed by atoms with Gasteiger partial charge in [0, 0.05) is 30.1 Å². The lowest BCUT2D eigenvalue weighted by Gasteiger charge is -2.09. The molecule has 0 bridgehead atoms. The van der Waals surface area contributed by atoms with Crippen molar-refractivity contribution in [3.63, 3.8) is 0 Å². The van der Waals surface area contributed by atoms with Crippen molar-refractivity contribution in [2.75, 3.05) is 11.1 Å². The Morgan fingerprint density at radius 2 is 1.92 bits per heavy atom. The lowest BCUT2D eigenvalue weighted by atomic mass is 10.1. The first kappa shape index (κ1) is 16.1. The Morgan fingerprint density at radius 3 is 2.65 bits per heavy atom. The van der Waals surface area contributed by atoms with E-state index in [0.717, 1.165) is 35.2 Å². The number of aryl methyl sites for hydroxylation is 1. The topological polar surface area (TPSA) is 71.7 Å². The number of aromatic nitrogens is 3. The summed E-state index contributed by atoms with van der Waals surface area (Å²) in [5.74, 6) is -1.00. The molecule has 0 saturated heterocycles. The van der Waals surface area contributed by atoms with E-state index in [2.05, 4.69) is 26.8 Å². The number of nitrogens with zero attached hydrogens (tertiary/aromatic N) is 2. The molecule has 0 atom stereocenters. The lowest BCUT2D eigenvalue weighted by Crippen LogP contribution is -1.98. The number of rotatable bonds is 4. The van der Waals surface area contributed by atoms with Gasteiger partial charge in [-0.15, -0.1) is 0 Å². The quantitative estimate of drug-likeness (QED) is 0.500. The number of nitrogens with two attached hydrogens (primary N) is 1. The summed E-state index contributed by atoms with van der Waals surface area (Å²) in [6.07, 6.45) is 1.96. The van der Waals surface area contributed by atoms with E-state index in [4.69, 9.17) is 5.73 Å². The van der Waals surface area contributed by atoms with Crippen molar-refractivity contribution in [3.05, 3.63) is 60.3 Å². The maximum absolute atomic E-state index is 13.8. The van der Waals surface area contributed by atoms with Crippen molar-refractivity contribution in [3.8, 4) is 11.3 Å². The van der Waals surface area contributed by atoms with Gasteiger partial charge in [-0.3, -0.25) is 0 Å². The van der Waals surface area contributed by atoms with E-state index < -0.39 is 11.6 Å². The van der Waals surface area contributed by atoms with E-state index >= 15 is 0 Å². The number of aromatic amines is 1. The van der Waals surface area contributed by atoms with Crippen molar-refractivity contribution < 1.29 is 8.78 Å². The highest BCUT2D eigenvalue weighted by molar-refractivity contribution is 5.80. The minimum atomic E-state index is -0.699. The van der Waals surface area contributed by atoms with Gasteiger partial charge in [0.15, 0.2) is 5.82 Å². The molecule has 0 aliphatic rings. The zero-order valence-electron chi connectivity index (χ0n) is 14.1. The number of benzene rings is 2. The average Bonchev–Trinajstić information content (AvgIpc) is 3.18. The standard InChI is InChI=1S/C19H17F2N5/c1-2-26-8-7-15(22)18(26)11-3-5-13(6-4-11)23-19-24-16-10-12(20)9-14(21)17(16)25-19/h3-10H,2,22H2,1H3,(H2,23,24,25). The Morgan fingerprint density at radius 1 is 1.15 bits per heavy atom. The molecule has 0 fully saturated rings. The summed E-state index contributed by atoms with van der Waals surface area (Å²) in [5, 5.41) is 3.06. The molecule has 4 rings (SSSR count). The highest BCUT2D eigenvalue weighted by atomic mass is 19.1. The van der Waals surface area contributed by atoms with Gasteiger partial charge < -0.3 is 20.6 Å². The van der Waals surface area contributed by atoms with Gasteiger partial charge in [-0.2, -0.15) is 0 Å². The molecule has 4 N–H and O–H groups in total. The second kappa shape index (κ2) is 6.18. The summed E-state index contributed by atoms with van der Waals surface area (Å²) >= 11 is 0. The van der Waals surface area contributed by atoms with Gasteiger partial charge in [0.25, 0.3) is 0 Å². The van der Waals surface area contributed by atoms with Crippen LogP contribution in [-0.4, -0.2) is 14.5 Å². The van der Waals surface area contributed by atoms with Crippen molar-refractivity contribution in [2.45, 2.75) is 13.5 Å². The largest absolute Gasteiger partial charge is 0.397 e. The number of nitrogen functional groups attached to an aromatic ring is 1. The number of hydrogen-bond acceptors (Lipinski definition) is 3. The Kier molecular flexibility index (Phi) is 3.84. The molecule has 7 heteroatoms. The Labute approximate surface area is 148 Å². The summed E-state index contributed by atoms with van der Waals surface area (Å²) in [7, 11) is 0. The van der Waals surface area contributed by atoms with Crippen molar-refractivity contribution >= 4 is 28.4 Å². The molecule has 2 heterocycles. The number of halogens is 2. The molecule has 2 aromatic carbocycles. The Balaban J connectivity index is 1.62. The first-order valence-electron chi connectivity index (χ1n) is 8.22. The average molecular weight is 353 g/mol. The van der Waals surface area contributed by atoms with Gasteiger partial charge in [-0.05, 0) is 31.2 Å². The Bertz CT molecular complexity index is 1080. The lowest BCUT2D eigenvalue weighted by molar-refractivity contribution is 0.591. The Hall–Kier alpha value is -3.35. The van der Waals surface area contributed by atoms with Crippen LogP contribution in [0, 0.1) is 11.6 Å². The van der Waals surface area contributed by atoms with Gasteiger partial charge in [-0.25, -0.2) is 13.8 Å². The normalized spacial score (nSPS) is 11.2. The summed E-state index contributed by atoms with van der Waals surface area (Å²) < 4.78 is 29.1. The minimum absolute atomic E-state index is 0.0964. The minimum Gasteiger partial charge on any atom is -0.397 e. The molecule has 0 unspecified atom stereocenters. The van der Waals surface area contributed by atoms with E-state index in [1.807, 2.05) is 36.5 Å². The second-order valence-corrected chi connectivity index (χ2v) is 5.98. The van der Waals surface area contributed by atoms with Crippen molar-refractivity contribution in [1.29, 1.82) is 0 Å². The summed E-state index contributed by atoms with van der Waals surface area (Å²) in [6.45, 7) is 2.88. The molecule has 0 spiro atoms. The molecular formula is C19H17F2N5. The van der Waals surface area contributed by atoms with Gasteiger partial charge in [0.1, 0.15) is 11.3 Å². The van der Waals surface area contributed by atoms with Crippen LogP contribution < -0.4 is 11.1 Å². The SMILES string of the molecule is CCn1ccc(N)c1-c1ccc(Nc2nc3c(F)cc(F)cc3[nH]2)cc1. The predicted octanol–water partition coefficient (Wildman–Crippen LogP) is 4.66. The fourth-order valence-electron chi connectivity index (χ4n) is 3.04. The third-order valence-corrected chi connectivity index (χ3v) is 4.26. The summed E-state index contributed by atoms with van der Waals surface area (Å²) in [5.41, 5.74) is 9.92. The van der Waals surface area contributed by atoms with E-state index in [1.165, 1.54) is 6.07 Å². The number of imidazole rings is 1. The van der Waals surface area contributed by atoms with E-state index in [9.17, 15) is 8.78 Å². The number of hydrogen-bond donors (Lipinski definition) is 3. The van der Waals surface area contributed by atoms with Gasteiger partial charge in [0.05, 0.1) is 16.9 Å². The first-order valence-corrected chi connectivity index (χ1v) is 8.22. The van der Waals surface area contributed by atoms with Crippen LogP contribution in [0.3, 0.4) is 0 Å². The predicted molar refractivity (Wildman–Crippen MR) is 99.2 cm³/mol. The summed E-state index contributed by atoms with van der Waals surface area (Å²) in [6, 6.07) is 11.6. The maximum atomic E-state index is 13.8.